The van der Waals surface area contributed by atoms with Crippen molar-refractivity contribution < 1.29 is 9.59 Å². The fourth-order valence-electron chi connectivity index (χ4n) is 1.19. The molecule has 86 valence electrons. The first kappa shape index (κ1) is 12.7. The summed E-state index contributed by atoms with van der Waals surface area (Å²) in [7, 11) is 0. The number of carbonyl (C=O) groups excluding carboxylic acids is 2. The van der Waals surface area contributed by atoms with E-state index in [0.717, 1.165) is 10.0 Å². The normalized spacial score (nSPS) is 9.88. The van der Waals surface area contributed by atoms with Gasteiger partial charge in [0.2, 0.25) is 5.91 Å². The Morgan fingerprint density at radius 2 is 2.12 bits per heavy atom. The zero-order valence-corrected chi connectivity index (χ0v) is 10.5. The highest BCUT2D eigenvalue weighted by molar-refractivity contribution is 9.10. The van der Waals surface area contributed by atoms with E-state index in [2.05, 4.69) is 21.2 Å². The van der Waals surface area contributed by atoms with Gasteiger partial charge in [-0.15, -0.1) is 0 Å². The molecule has 2 amide bonds. The molecule has 0 unspecified atom stereocenters. The SMILES string of the molecule is Cc1cc(C(=O)NCCC(N)=O)ccc1Br. The first-order valence-electron chi connectivity index (χ1n) is 4.83. The topological polar surface area (TPSA) is 72.2 Å². The Morgan fingerprint density at radius 3 is 2.69 bits per heavy atom. The minimum absolute atomic E-state index is 0.154. The lowest BCUT2D eigenvalue weighted by Gasteiger charge is -2.05. The van der Waals surface area contributed by atoms with Gasteiger partial charge >= 0.3 is 0 Å². The van der Waals surface area contributed by atoms with Gasteiger partial charge in [0.15, 0.2) is 0 Å². The number of primary amides is 1. The van der Waals surface area contributed by atoms with E-state index in [4.69, 9.17) is 5.73 Å². The van der Waals surface area contributed by atoms with Crippen molar-refractivity contribution in [3.8, 4) is 0 Å². The van der Waals surface area contributed by atoms with Crippen molar-refractivity contribution in [2.24, 2.45) is 5.73 Å². The molecule has 0 saturated heterocycles. The quantitative estimate of drug-likeness (QED) is 0.876. The summed E-state index contributed by atoms with van der Waals surface area (Å²) in [6, 6.07) is 5.32. The molecule has 0 saturated carbocycles. The second kappa shape index (κ2) is 5.65. The molecule has 0 bridgehead atoms. The molecule has 0 atom stereocenters. The number of halogens is 1. The smallest absolute Gasteiger partial charge is 0.251 e. The molecule has 3 N–H and O–H groups in total. The third-order valence-electron chi connectivity index (χ3n) is 2.08. The number of aryl methyl sites for hydroxylation is 1. The van der Waals surface area contributed by atoms with Crippen LogP contribution in [0.1, 0.15) is 22.3 Å². The number of carbonyl (C=O) groups is 2. The monoisotopic (exact) mass is 284 g/mol. The maximum Gasteiger partial charge on any atom is 0.251 e. The summed E-state index contributed by atoms with van der Waals surface area (Å²) in [4.78, 5) is 22.1. The molecular weight excluding hydrogens is 272 g/mol. The molecule has 5 heteroatoms. The van der Waals surface area contributed by atoms with Gasteiger partial charge in [0.1, 0.15) is 0 Å². The number of nitrogens with two attached hydrogens (primary N) is 1. The first-order valence-corrected chi connectivity index (χ1v) is 5.62. The summed E-state index contributed by atoms with van der Waals surface area (Å²) in [5, 5.41) is 2.62. The van der Waals surface area contributed by atoms with Crippen LogP contribution in [0.2, 0.25) is 0 Å². The average molecular weight is 285 g/mol. The highest BCUT2D eigenvalue weighted by Gasteiger charge is 2.06. The fourth-order valence-corrected chi connectivity index (χ4v) is 1.43. The summed E-state index contributed by atoms with van der Waals surface area (Å²) in [6.07, 6.45) is 0.154. The zero-order valence-electron chi connectivity index (χ0n) is 8.92. The maximum absolute atomic E-state index is 11.6. The number of nitrogens with one attached hydrogen (secondary N) is 1. The number of hydrogen-bond donors (Lipinski definition) is 2. The predicted octanol–water partition coefficient (Wildman–Crippen LogP) is 1.36. The van der Waals surface area contributed by atoms with Crippen LogP contribution in [0.5, 0.6) is 0 Å². The van der Waals surface area contributed by atoms with Gasteiger partial charge in [-0.1, -0.05) is 15.9 Å². The maximum atomic E-state index is 11.6. The average Bonchev–Trinajstić information content (AvgIpc) is 2.21. The summed E-state index contributed by atoms with van der Waals surface area (Å²) in [5.74, 6) is -0.621. The summed E-state index contributed by atoms with van der Waals surface area (Å²) >= 11 is 3.36. The lowest BCUT2D eigenvalue weighted by molar-refractivity contribution is -0.117. The molecule has 0 fully saturated rings. The van der Waals surface area contributed by atoms with E-state index in [1.54, 1.807) is 12.1 Å². The Morgan fingerprint density at radius 1 is 1.44 bits per heavy atom. The van der Waals surface area contributed by atoms with E-state index in [1.165, 1.54) is 0 Å². The molecule has 0 aliphatic heterocycles. The lowest BCUT2D eigenvalue weighted by Crippen LogP contribution is -2.27. The number of amides is 2. The fraction of sp³-hybridized carbons (Fsp3) is 0.273. The van der Waals surface area contributed by atoms with E-state index in [1.807, 2.05) is 13.0 Å². The Bertz CT molecular complexity index is 418. The minimum atomic E-state index is -0.424. The van der Waals surface area contributed by atoms with Crippen molar-refractivity contribution in [2.75, 3.05) is 6.54 Å². The number of rotatable bonds is 4. The molecule has 16 heavy (non-hydrogen) atoms. The second-order valence-electron chi connectivity index (χ2n) is 3.44. The minimum Gasteiger partial charge on any atom is -0.370 e. The van der Waals surface area contributed by atoms with Crippen LogP contribution in [0.15, 0.2) is 22.7 Å². The van der Waals surface area contributed by atoms with Crippen LogP contribution < -0.4 is 11.1 Å². The van der Waals surface area contributed by atoms with Crippen LogP contribution >= 0.6 is 15.9 Å². The molecule has 1 aromatic carbocycles. The van der Waals surface area contributed by atoms with Gasteiger partial charge in [-0.2, -0.15) is 0 Å². The van der Waals surface area contributed by atoms with Gasteiger partial charge in [-0.3, -0.25) is 9.59 Å². The molecule has 0 heterocycles. The van der Waals surface area contributed by atoms with Crippen LogP contribution in [0.3, 0.4) is 0 Å². The Hall–Kier alpha value is -1.36. The first-order chi connectivity index (χ1) is 7.50. The summed E-state index contributed by atoms with van der Waals surface area (Å²) < 4.78 is 0.959. The van der Waals surface area contributed by atoms with Gasteiger partial charge in [-0.25, -0.2) is 0 Å². The van der Waals surface area contributed by atoms with Gasteiger partial charge in [-0.05, 0) is 30.7 Å². The van der Waals surface area contributed by atoms with Crippen molar-refractivity contribution in [2.45, 2.75) is 13.3 Å². The lowest BCUT2D eigenvalue weighted by atomic mass is 10.1. The van der Waals surface area contributed by atoms with Crippen LogP contribution in [0.25, 0.3) is 0 Å². The van der Waals surface area contributed by atoms with E-state index in [-0.39, 0.29) is 18.9 Å². The highest BCUT2D eigenvalue weighted by Crippen LogP contribution is 2.16. The van der Waals surface area contributed by atoms with Gasteiger partial charge < -0.3 is 11.1 Å². The zero-order chi connectivity index (χ0) is 12.1. The third-order valence-corrected chi connectivity index (χ3v) is 2.97. The van der Waals surface area contributed by atoms with E-state index in [9.17, 15) is 9.59 Å². The molecule has 0 aromatic heterocycles. The Labute approximate surface area is 102 Å². The second-order valence-corrected chi connectivity index (χ2v) is 4.29. The van der Waals surface area contributed by atoms with Crippen molar-refractivity contribution in [1.82, 2.24) is 5.32 Å². The predicted molar refractivity (Wildman–Crippen MR) is 65.0 cm³/mol. The Balaban J connectivity index is 2.59. The number of hydrogen-bond acceptors (Lipinski definition) is 2. The molecule has 0 radical (unpaired) electrons. The summed E-state index contributed by atoms with van der Waals surface area (Å²) in [5.41, 5.74) is 6.53. The standard InChI is InChI=1S/C11H13BrN2O2/c1-7-6-8(2-3-9(7)12)11(16)14-5-4-10(13)15/h2-3,6H,4-5H2,1H3,(H2,13,15)(H,14,16). The van der Waals surface area contributed by atoms with Crippen LogP contribution in [0.4, 0.5) is 0 Å². The number of benzene rings is 1. The van der Waals surface area contributed by atoms with Crippen molar-refractivity contribution in [1.29, 1.82) is 0 Å². The molecule has 0 aliphatic carbocycles. The van der Waals surface area contributed by atoms with Crippen LogP contribution in [-0.4, -0.2) is 18.4 Å². The van der Waals surface area contributed by atoms with E-state index < -0.39 is 5.91 Å². The molecular formula is C11H13BrN2O2. The molecule has 1 rings (SSSR count). The van der Waals surface area contributed by atoms with Gasteiger partial charge in [0, 0.05) is 23.0 Å². The van der Waals surface area contributed by atoms with Crippen molar-refractivity contribution in [3.63, 3.8) is 0 Å². The van der Waals surface area contributed by atoms with E-state index >= 15 is 0 Å². The van der Waals surface area contributed by atoms with Crippen LogP contribution in [0, 0.1) is 6.92 Å². The van der Waals surface area contributed by atoms with Crippen molar-refractivity contribution >= 4 is 27.7 Å². The molecule has 0 aliphatic rings. The highest BCUT2D eigenvalue weighted by atomic mass is 79.9. The third kappa shape index (κ3) is 3.66. The largest absolute Gasteiger partial charge is 0.370 e. The molecule has 0 spiro atoms. The molecule has 4 nitrogen and oxygen atoms in total. The summed E-state index contributed by atoms with van der Waals surface area (Å²) in [6.45, 7) is 2.17. The van der Waals surface area contributed by atoms with Crippen molar-refractivity contribution in [3.05, 3.63) is 33.8 Å². The van der Waals surface area contributed by atoms with E-state index in [0.29, 0.717) is 5.56 Å². The van der Waals surface area contributed by atoms with Gasteiger partial charge in [0.25, 0.3) is 5.91 Å². The van der Waals surface area contributed by atoms with Gasteiger partial charge in [0.05, 0.1) is 0 Å². The molecule has 1 aromatic rings. The Kier molecular flexibility index (Phi) is 4.49. The van der Waals surface area contributed by atoms with Crippen LogP contribution in [-0.2, 0) is 4.79 Å².